The van der Waals surface area contributed by atoms with Gasteiger partial charge in [-0.1, -0.05) is 20.8 Å². The molecule has 0 aliphatic rings. The maximum atomic E-state index is 11.5. The zero-order valence-electron chi connectivity index (χ0n) is 10.1. The third kappa shape index (κ3) is 4.78. The number of nitrogens with two attached hydrogens (primary N) is 1. The average molecular weight is 215 g/mol. The second kappa shape index (κ2) is 5.11. The van der Waals surface area contributed by atoms with E-state index < -0.39 is 6.04 Å². The van der Waals surface area contributed by atoms with Gasteiger partial charge in [0.1, 0.15) is 0 Å². The number of rotatable bonds is 3. The van der Waals surface area contributed by atoms with Crippen LogP contribution in [-0.2, 0) is 9.59 Å². The van der Waals surface area contributed by atoms with Crippen molar-refractivity contribution in [2.24, 2.45) is 11.1 Å². The van der Waals surface area contributed by atoms with Gasteiger partial charge < -0.3 is 16.0 Å². The predicted molar refractivity (Wildman–Crippen MR) is 59.1 cm³/mol. The van der Waals surface area contributed by atoms with Crippen LogP contribution in [0.2, 0.25) is 0 Å². The smallest absolute Gasteiger partial charge is 0.241 e. The molecule has 0 aromatic rings. The summed E-state index contributed by atoms with van der Waals surface area (Å²) in [6.45, 7) is 5.64. The predicted octanol–water partition coefficient (Wildman–Crippen LogP) is -0.436. The van der Waals surface area contributed by atoms with Crippen molar-refractivity contribution in [1.82, 2.24) is 10.2 Å². The van der Waals surface area contributed by atoms with Crippen molar-refractivity contribution in [2.75, 3.05) is 20.6 Å². The molecule has 0 heterocycles. The highest BCUT2D eigenvalue weighted by atomic mass is 16.2. The Morgan fingerprint density at radius 3 is 2.13 bits per heavy atom. The number of hydrogen-bond donors (Lipinski definition) is 2. The lowest BCUT2D eigenvalue weighted by Crippen LogP contribution is -2.50. The van der Waals surface area contributed by atoms with Crippen molar-refractivity contribution in [2.45, 2.75) is 26.8 Å². The Bertz CT molecular complexity index is 244. The van der Waals surface area contributed by atoms with Gasteiger partial charge in [0.2, 0.25) is 11.8 Å². The Morgan fingerprint density at radius 1 is 1.33 bits per heavy atom. The Balaban J connectivity index is 4.11. The van der Waals surface area contributed by atoms with E-state index in [4.69, 9.17) is 5.73 Å². The van der Waals surface area contributed by atoms with Gasteiger partial charge in [-0.2, -0.15) is 0 Å². The zero-order valence-corrected chi connectivity index (χ0v) is 10.1. The molecule has 0 bridgehead atoms. The van der Waals surface area contributed by atoms with E-state index in [2.05, 4.69) is 5.32 Å². The highest BCUT2D eigenvalue weighted by Crippen LogP contribution is 2.16. The van der Waals surface area contributed by atoms with Gasteiger partial charge in [-0.05, 0) is 5.41 Å². The summed E-state index contributed by atoms with van der Waals surface area (Å²) < 4.78 is 0. The standard InChI is InChI=1S/C10H21N3O2/c1-10(2,3)8(11)9(15)12-6-7(14)13(4)5/h8H,6,11H2,1-5H3,(H,12,15)/t8-/m1/s1. The summed E-state index contributed by atoms with van der Waals surface area (Å²) in [4.78, 5) is 24.1. The van der Waals surface area contributed by atoms with Crippen molar-refractivity contribution in [3.05, 3.63) is 0 Å². The molecule has 3 N–H and O–H groups in total. The number of nitrogens with zero attached hydrogens (tertiary/aromatic N) is 1. The van der Waals surface area contributed by atoms with Crippen LogP contribution in [-0.4, -0.2) is 43.4 Å². The summed E-state index contributed by atoms with van der Waals surface area (Å²) in [5.74, 6) is -0.442. The molecule has 5 heteroatoms. The number of likely N-dealkylation sites (N-methyl/N-ethyl adjacent to an activating group) is 1. The van der Waals surface area contributed by atoms with Gasteiger partial charge in [-0.15, -0.1) is 0 Å². The van der Waals surface area contributed by atoms with Crippen molar-refractivity contribution < 1.29 is 9.59 Å². The summed E-state index contributed by atoms with van der Waals surface area (Å²) >= 11 is 0. The largest absolute Gasteiger partial charge is 0.347 e. The summed E-state index contributed by atoms with van der Waals surface area (Å²) in [6, 6.07) is -0.604. The summed E-state index contributed by atoms with van der Waals surface area (Å²) in [5, 5.41) is 2.51. The molecule has 0 aliphatic carbocycles. The molecule has 15 heavy (non-hydrogen) atoms. The van der Waals surface area contributed by atoms with Crippen LogP contribution < -0.4 is 11.1 Å². The minimum Gasteiger partial charge on any atom is -0.347 e. The maximum Gasteiger partial charge on any atom is 0.241 e. The second-order valence-corrected chi connectivity index (χ2v) is 4.85. The van der Waals surface area contributed by atoms with Crippen LogP contribution in [0.5, 0.6) is 0 Å². The van der Waals surface area contributed by atoms with Crippen LogP contribution in [0.1, 0.15) is 20.8 Å². The molecule has 2 amide bonds. The van der Waals surface area contributed by atoms with E-state index >= 15 is 0 Å². The van der Waals surface area contributed by atoms with E-state index in [0.717, 1.165) is 0 Å². The van der Waals surface area contributed by atoms with Gasteiger partial charge in [0.25, 0.3) is 0 Å². The molecule has 0 aromatic carbocycles. The van der Waals surface area contributed by atoms with E-state index in [1.165, 1.54) is 4.90 Å². The van der Waals surface area contributed by atoms with Crippen molar-refractivity contribution >= 4 is 11.8 Å². The van der Waals surface area contributed by atoms with Crippen molar-refractivity contribution in [1.29, 1.82) is 0 Å². The number of amides is 2. The molecule has 0 aromatic heterocycles. The molecule has 0 spiro atoms. The van der Waals surface area contributed by atoms with Crippen LogP contribution in [0.15, 0.2) is 0 Å². The average Bonchev–Trinajstić information content (AvgIpc) is 2.10. The third-order valence-corrected chi connectivity index (χ3v) is 2.13. The normalized spacial score (nSPS) is 13.2. The molecule has 0 saturated heterocycles. The first-order chi connectivity index (χ1) is 6.66. The summed E-state index contributed by atoms with van der Waals surface area (Å²) in [7, 11) is 3.27. The van der Waals surface area contributed by atoms with E-state index in [0.29, 0.717) is 0 Å². The van der Waals surface area contributed by atoms with Gasteiger partial charge in [-0.3, -0.25) is 9.59 Å². The fraction of sp³-hybridized carbons (Fsp3) is 0.800. The quantitative estimate of drug-likeness (QED) is 0.670. The molecule has 88 valence electrons. The van der Waals surface area contributed by atoms with E-state index in [9.17, 15) is 9.59 Å². The Labute approximate surface area is 91.0 Å². The van der Waals surface area contributed by atoms with Crippen LogP contribution >= 0.6 is 0 Å². The van der Waals surface area contributed by atoms with Crippen molar-refractivity contribution in [3.63, 3.8) is 0 Å². The molecule has 0 radical (unpaired) electrons. The van der Waals surface area contributed by atoms with Crippen LogP contribution in [0.3, 0.4) is 0 Å². The van der Waals surface area contributed by atoms with Gasteiger partial charge in [-0.25, -0.2) is 0 Å². The summed E-state index contributed by atoms with van der Waals surface area (Å²) in [5.41, 5.74) is 5.42. The van der Waals surface area contributed by atoms with Crippen LogP contribution in [0.25, 0.3) is 0 Å². The zero-order chi connectivity index (χ0) is 12.2. The lowest BCUT2D eigenvalue weighted by atomic mass is 9.87. The molecular formula is C10H21N3O2. The minimum absolute atomic E-state index is 0.00435. The molecule has 0 fully saturated rings. The number of carbonyl (C=O) groups is 2. The highest BCUT2D eigenvalue weighted by Gasteiger charge is 2.27. The lowest BCUT2D eigenvalue weighted by molar-refractivity contribution is -0.132. The fourth-order valence-electron chi connectivity index (χ4n) is 0.824. The van der Waals surface area contributed by atoms with Crippen LogP contribution in [0.4, 0.5) is 0 Å². The third-order valence-electron chi connectivity index (χ3n) is 2.13. The van der Waals surface area contributed by atoms with Gasteiger partial charge in [0, 0.05) is 14.1 Å². The molecule has 0 aliphatic heterocycles. The number of hydrogen-bond acceptors (Lipinski definition) is 3. The number of nitrogens with one attached hydrogen (secondary N) is 1. The molecule has 0 rings (SSSR count). The lowest BCUT2D eigenvalue weighted by Gasteiger charge is -2.25. The highest BCUT2D eigenvalue weighted by molar-refractivity contribution is 5.87. The van der Waals surface area contributed by atoms with E-state index in [1.807, 2.05) is 20.8 Å². The minimum atomic E-state index is -0.604. The first-order valence-electron chi connectivity index (χ1n) is 4.89. The Hall–Kier alpha value is -1.10. The Morgan fingerprint density at radius 2 is 1.80 bits per heavy atom. The molecule has 0 saturated carbocycles. The van der Waals surface area contributed by atoms with Gasteiger partial charge in [0.05, 0.1) is 12.6 Å². The second-order valence-electron chi connectivity index (χ2n) is 4.85. The molecule has 1 atom stereocenters. The first-order valence-corrected chi connectivity index (χ1v) is 4.89. The van der Waals surface area contributed by atoms with E-state index in [1.54, 1.807) is 14.1 Å². The summed E-state index contributed by atoms with van der Waals surface area (Å²) in [6.07, 6.45) is 0. The number of carbonyl (C=O) groups excluding carboxylic acids is 2. The maximum absolute atomic E-state index is 11.5. The van der Waals surface area contributed by atoms with Gasteiger partial charge in [0.15, 0.2) is 0 Å². The monoisotopic (exact) mass is 215 g/mol. The van der Waals surface area contributed by atoms with Crippen molar-refractivity contribution in [3.8, 4) is 0 Å². The fourth-order valence-corrected chi connectivity index (χ4v) is 0.824. The first kappa shape index (κ1) is 13.9. The van der Waals surface area contributed by atoms with Crippen LogP contribution in [0, 0.1) is 5.41 Å². The van der Waals surface area contributed by atoms with E-state index in [-0.39, 0.29) is 23.8 Å². The SMILES string of the molecule is CN(C)C(=O)CNC(=O)[C@@H](N)C(C)(C)C. The topological polar surface area (TPSA) is 75.4 Å². The molecular weight excluding hydrogens is 194 g/mol. The van der Waals surface area contributed by atoms with Gasteiger partial charge >= 0.3 is 0 Å². The molecule has 5 nitrogen and oxygen atoms in total. The molecule has 0 unspecified atom stereocenters. The Kier molecular flexibility index (Phi) is 4.74.